The normalized spacial score (nSPS) is 28.2. The largest absolute Gasteiger partial charge is 0.374 e. The first kappa shape index (κ1) is 11.0. The Morgan fingerprint density at radius 1 is 1.38 bits per heavy atom. The van der Waals surface area contributed by atoms with Crippen molar-refractivity contribution in [1.82, 2.24) is 5.32 Å². The molecule has 0 radical (unpaired) electrons. The average molecular weight is 185 g/mol. The van der Waals surface area contributed by atoms with E-state index < -0.39 is 0 Å². The lowest BCUT2D eigenvalue weighted by Gasteiger charge is -2.23. The monoisotopic (exact) mass is 185 g/mol. The maximum atomic E-state index is 5.68. The number of rotatable bonds is 6. The zero-order chi connectivity index (χ0) is 9.57. The number of unbranched alkanes of at least 4 members (excludes halogenated alkanes) is 2. The van der Waals surface area contributed by atoms with Gasteiger partial charge in [-0.05, 0) is 32.7 Å². The van der Waals surface area contributed by atoms with E-state index in [-0.39, 0.29) is 5.60 Å². The van der Waals surface area contributed by atoms with Crippen LogP contribution in [0.25, 0.3) is 0 Å². The second-order valence-electron chi connectivity index (χ2n) is 4.29. The molecule has 1 unspecified atom stereocenters. The molecule has 0 spiro atoms. The Morgan fingerprint density at radius 3 is 2.85 bits per heavy atom. The van der Waals surface area contributed by atoms with Gasteiger partial charge in [0.2, 0.25) is 0 Å². The SMILES string of the molecule is CCCCCNCC1(C)CCCO1. The minimum absolute atomic E-state index is 0.131. The van der Waals surface area contributed by atoms with Crippen LogP contribution in [0.5, 0.6) is 0 Å². The molecule has 0 aromatic heterocycles. The maximum Gasteiger partial charge on any atom is 0.0779 e. The summed E-state index contributed by atoms with van der Waals surface area (Å²) in [5, 5.41) is 3.48. The van der Waals surface area contributed by atoms with E-state index in [1.807, 2.05) is 0 Å². The fourth-order valence-electron chi connectivity index (χ4n) is 1.83. The van der Waals surface area contributed by atoms with E-state index in [0.717, 1.165) is 19.7 Å². The van der Waals surface area contributed by atoms with Gasteiger partial charge in [0.1, 0.15) is 0 Å². The van der Waals surface area contributed by atoms with Crippen LogP contribution in [0, 0.1) is 0 Å². The molecular formula is C11H23NO. The zero-order valence-corrected chi connectivity index (χ0v) is 9.07. The van der Waals surface area contributed by atoms with Gasteiger partial charge in [0, 0.05) is 13.2 Å². The molecule has 0 aromatic rings. The molecule has 1 aliphatic heterocycles. The summed E-state index contributed by atoms with van der Waals surface area (Å²) in [7, 11) is 0. The van der Waals surface area contributed by atoms with Gasteiger partial charge in [-0.25, -0.2) is 0 Å². The van der Waals surface area contributed by atoms with Crippen molar-refractivity contribution in [2.24, 2.45) is 0 Å². The standard InChI is InChI=1S/C11H23NO/c1-3-4-5-8-12-10-11(2)7-6-9-13-11/h12H,3-10H2,1-2H3. The molecule has 13 heavy (non-hydrogen) atoms. The summed E-state index contributed by atoms with van der Waals surface area (Å²) in [4.78, 5) is 0. The Balaban J connectivity index is 1.98. The Hall–Kier alpha value is -0.0800. The Kier molecular flexibility index (Phi) is 4.74. The van der Waals surface area contributed by atoms with Crippen molar-refractivity contribution >= 4 is 0 Å². The molecular weight excluding hydrogens is 162 g/mol. The lowest BCUT2D eigenvalue weighted by Crippen LogP contribution is -2.37. The molecule has 1 N–H and O–H groups in total. The number of ether oxygens (including phenoxy) is 1. The van der Waals surface area contributed by atoms with Crippen molar-refractivity contribution in [3.8, 4) is 0 Å². The molecule has 1 heterocycles. The first-order valence-electron chi connectivity index (χ1n) is 5.61. The minimum Gasteiger partial charge on any atom is -0.374 e. The second-order valence-corrected chi connectivity index (χ2v) is 4.29. The lowest BCUT2D eigenvalue weighted by atomic mass is 10.0. The van der Waals surface area contributed by atoms with Crippen molar-refractivity contribution in [3.63, 3.8) is 0 Å². The third-order valence-electron chi connectivity index (χ3n) is 2.76. The zero-order valence-electron chi connectivity index (χ0n) is 9.07. The Bertz CT molecular complexity index is 130. The quantitative estimate of drug-likeness (QED) is 0.641. The number of hydrogen-bond donors (Lipinski definition) is 1. The summed E-state index contributed by atoms with van der Waals surface area (Å²) in [5.41, 5.74) is 0.131. The summed E-state index contributed by atoms with van der Waals surface area (Å²) in [6.07, 6.45) is 6.38. The summed E-state index contributed by atoms with van der Waals surface area (Å²) in [6, 6.07) is 0. The number of nitrogens with one attached hydrogen (secondary N) is 1. The molecule has 1 rings (SSSR count). The molecule has 2 heteroatoms. The van der Waals surface area contributed by atoms with E-state index >= 15 is 0 Å². The molecule has 0 aromatic carbocycles. The van der Waals surface area contributed by atoms with E-state index in [4.69, 9.17) is 4.74 Å². The third-order valence-corrected chi connectivity index (χ3v) is 2.76. The van der Waals surface area contributed by atoms with E-state index in [2.05, 4.69) is 19.2 Å². The lowest BCUT2D eigenvalue weighted by molar-refractivity contribution is 0.0210. The van der Waals surface area contributed by atoms with Crippen molar-refractivity contribution < 1.29 is 4.74 Å². The highest BCUT2D eigenvalue weighted by Crippen LogP contribution is 2.23. The van der Waals surface area contributed by atoms with Gasteiger partial charge in [0.05, 0.1) is 5.60 Å². The van der Waals surface area contributed by atoms with Gasteiger partial charge in [-0.15, -0.1) is 0 Å². The van der Waals surface area contributed by atoms with Crippen molar-refractivity contribution in [1.29, 1.82) is 0 Å². The van der Waals surface area contributed by atoms with Crippen molar-refractivity contribution in [3.05, 3.63) is 0 Å². The molecule has 1 fully saturated rings. The van der Waals surface area contributed by atoms with Gasteiger partial charge in [0.25, 0.3) is 0 Å². The van der Waals surface area contributed by atoms with Crippen LogP contribution < -0.4 is 5.32 Å². The van der Waals surface area contributed by atoms with Crippen LogP contribution in [-0.4, -0.2) is 25.3 Å². The van der Waals surface area contributed by atoms with Gasteiger partial charge >= 0.3 is 0 Å². The van der Waals surface area contributed by atoms with Gasteiger partial charge in [0.15, 0.2) is 0 Å². The molecule has 0 bridgehead atoms. The molecule has 1 aliphatic rings. The second kappa shape index (κ2) is 5.61. The first-order chi connectivity index (χ1) is 6.27. The van der Waals surface area contributed by atoms with Gasteiger partial charge in [-0.1, -0.05) is 19.8 Å². The number of hydrogen-bond acceptors (Lipinski definition) is 2. The molecule has 78 valence electrons. The fourth-order valence-corrected chi connectivity index (χ4v) is 1.83. The predicted octanol–water partition coefficient (Wildman–Crippen LogP) is 2.34. The first-order valence-corrected chi connectivity index (χ1v) is 5.61. The van der Waals surface area contributed by atoms with Crippen LogP contribution in [0.1, 0.15) is 46.0 Å². The van der Waals surface area contributed by atoms with Crippen LogP contribution in [0.2, 0.25) is 0 Å². The van der Waals surface area contributed by atoms with Gasteiger partial charge in [-0.2, -0.15) is 0 Å². The van der Waals surface area contributed by atoms with Crippen LogP contribution >= 0.6 is 0 Å². The highest BCUT2D eigenvalue weighted by molar-refractivity contribution is 4.82. The molecule has 1 atom stereocenters. The Morgan fingerprint density at radius 2 is 2.23 bits per heavy atom. The summed E-state index contributed by atoms with van der Waals surface area (Å²) >= 11 is 0. The predicted molar refractivity (Wildman–Crippen MR) is 56.0 cm³/mol. The van der Waals surface area contributed by atoms with E-state index in [1.165, 1.54) is 32.1 Å². The summed E-state index contributed by atoms with van der Waals surface area (Å²) in [5.74, 6) is 0. The molecule has 0 aliphatic carbocycles. The molecule has 2 nitrogen and oxygen atoms in total. The van der Waals surface area contributed by atoms with E-state index in [9.17, 15) is 0 Å². The summed E-state index contributed by atoms with van der Waals surface area (Å²) in [6.45, 7) is 7.57. The van der Waals surface area contributed by atoms with Crippen LogP contribution in [0.3, 0.4) is 0 Å². The Labute approximate surface area is 82.0 Å². The van der Waals surface area contributed by atoms with Gasteiger partial charge < -0.3 is 10.1 Å². The minimum atomic E-state index is 0.131. The van der Waals surface area contributed by atoms with E-state index in [0.29, 0.717) is 0 Å². The average Bonchev–Trinajstić information content (AvgIpc) is 2.53. The molecule has 1 saturated heterocycles. The van der Waals surface area contributed by atoms with Gasteiger partial charge in [-0.3, -0.25) is 0 Å². The molecule has 0 saturated carbocycles. The van der Waals surface area contributed by atoms with Crippen molar-refractivity contribution in [2.75, 3.05) is 19.7 Å². The van der Waals surface area contributed by atoms with E-state index in [1.54, 1.807) is 0 Å². The maximum absolute atomic E-state index is 5.68. The fraction of sp³-hybridized carbons (Fsp3) is 1.00. The highest BCUT2D eigenvalue weighted by Gasteiger charge is 2.28. The third kappa shape index (κ3) is 4.10. The smallest absolute Gasteiger partial charge is 0.0779 e. The van der Waals surface area contributed by atoms with Crippen LogP contribution in [-0.2, 0) is 4.74 Å². The highest BCUT2D eigenvalue weighted by atomic mass is 16.5. The topological polar surface area (TPSA) is 21.3 Å². The molecule has 0 amide bonds. The van der Waals surface area contributed by atoms with Crippen LogP contribution in [0.15, 0.2) is 0 Å². The summed E-state index contributed by atoms with van der Waals surface area (Å²) < 4.78 is 5.68. The van der Waals surface area contributed by atoms with Crippen molar-refractivity contribution in [2.45, 2.75) is 51.6 Å². The van der Waals surface area contributed by atoms with Crippen LogP contribution in [0.4, 0.5) is 0 Å².